The van der Waals surface area contributed by atoms with Crippen LogP contribution in [0.2, 0.25) is 0 Å². The van der Waals surface area contributed by atoms with Gasteiger partial charge in [0.2, 0.25) is 5.91 Å². The van der Waals surface area contributed by atoms with E-state index < -0.39 is 4.87 Å². The summed E-state index contributed by atoms with van der Waals surface area (Å²) in [6.45, 7) is 6.31. The van der Waals surface area contributed by atoms with Crippen molar-refractivity contribution >= 4 is 23.2 Å². The van der Waals surface area contributed by atoms with Crippen molar-refractivity contribution in [3.05, 3.63) is 30.3 Å². The Kier molecular flexibility index (Phi) is 5.63. The SMILES string of the molecule is CCOCN(C(=O)C(C)(Cl)CC)c1ccccc1. The summed E-state index contributed by atoms with van der Waals surface area (Å²) in [5.41, 5.74) is 0.802. The molecule has 1 atom stereocenters. The summed E-state index contributed by atoms with van der Waals surface area (Å²) in [4.78, 5) is 13.1. The summed E-state index contributed by atoms with van der Waals surface area (Å²) in [5.74, 6) is -0.133. The summed E-state index contributed by atoms with van der Waals surface area (Å²) in [7, 11) is 0. The predicted molar refractivity (Wildman–Crippen MR) is 75.0 cm³/mol. The number of hydrogen-bond acceptors (Lipinski definition) is 2. The maximum atomic E-state index is 12.4. The number of ether oxygens (including phenoxy) is 1. The van der Waals surface area contributed by atoms with Gasteiger partial charge in [-0.05, 0) is 32.4 Å². The number of nitrogens with zero attached hydrogens (tertiary/aromatic N) is 1. The van der Waals surface area contributed by atoms with Gasteiger partial charge in [0.1, 0.15) is 11.6 Å². The second kappa shape index (κ2) is 6.76. The quantitative estimate of drug-likeness (QED) is 0.585. The minimum absolute atomic E-state index is 0.133. The summed E-state index contributed by atoms with van der Waals surface area (Å²) in [6, 6.07) is 9.43. The highest BCUT2D eigenvalue weighted by Crippen LogP contribution is 2.25. The third kappa shape index (κ3) is 3.72. The van der Waals surface area contributed by atoms with Crippen LogP contribution >= 0.6 is 11.6 Å². The fourth-order valence-electron chi connectivity index (χ4n) is 1.47. The average Bonchev–Trinajstić information content (AvgIpc) is 2.40. The van der Waals surface area contributed by atoms with E-state index in [1.165, 1.54) is 0 Å². The molecule has 100 valence electrons. The monoisotopic (exact) mass is 269 g/mol. The first-order chi connectivity index (χ1) is 8.53. The van der Waals surface area contributed by atoms with Gasteiger partial charge in [-0.3, -0.25) is 9.69 Å². The predicted octanol–water partition coefficient (Wildman–Crippen LogP) is 3.42. The Morgan fingerprint density at radius 3 is 2.44 bits per heavy atom. The molecular weight excluding hydrogens is 250 g/mol. The van der Waals surface area contributed by atoms with E-state index >= 15 is 0 Å². The summed E-state index contributed by atoms with van der Waals surface area (Å²) in [6.07, 6.45) is 0.572. The molecule has 0 bridgehead atoms. The van der Waals surface area contributed by atoms with E-state index in [1.807, 2.05) is 44.2 Å². The molecule has 0 saturated heterocycles. The number of anilines is 1. The van der Waals surface area contributed by atoms with Crippen molar-refractivity contribution in [2.24, 2.45) is 0 Å². The lowest BCUT2D eigenvalue weighted by molar-refractivity contribution is -0.122. The van der Waals surface area contributed by atoms with Crippen molar-refractivity contribution in [2.75, 3.05) is 18.2 Å². The molecule has 0 aliphatic carbocycles. The summed E-state index contributed by atoms with van der Waals surface area (Å²) < 4.78 is 5.36. The second-order valence-electron chi connectivity index (χ2n) is 4.24. The standard InChI is InChI=1S/C14H20ClNO2/c1-4-14(3,15)13(17)16(11-18-5-2)12-9-7-6-8-10-12/h6-10H,4-5,11H2,1-3H3. The minimum atomic E-state index is -0.896. The van der Waals surface area contributed by atoms with E-state index in [4.69, 9.17) is 16.3 Å². The number of amides is 1. The van der Waals surface area contributed by atoms with Crippen molar-refractivity contribution in [3.63, 3.8) is 0 Å². The van der Waals surface area contributed by atoms with Crippen molar-refractivity contribution in [3.8, 4) is 0 Å². The van der Waals surface area contributed by atoms with Crippen LogP contribution in [0.5, 0.6) is 0 Å². The van der Waals surface area contributed by atoms with Crippen molar-refractivity contribution in [1.29, 1.82) is 0 Å². The van der Waals surface area contributed by atoms with Crippen LogP contribution in [0.4, 0.5) is 5.69 Å². The molecule has 0 aliphatic heterocycles. The van der Waals surface area contributed by atoms with Crippen LogP contribution in [0, 0.1) is 0 Å². The Morgan fingerprint density at radius 2 is 1.94 bits per heavy atom. The molecule has 0 aromatic heterocycles. The van der Waals surface area contributed by atoms with E-state index in [-0.39, 0.29) is 12.6 Å². The topological polar surface area (TPSA) is 29.5 Å². The van der Waals surface area contributed by atoms with Crippen LogP contribution in [0.15, 0.2) is 30.3 Å². The van der Waals surface area contributed by atoms with E-state index in [9.17, 15) is 4.79 Å². The lowest BCUT2D eigenvalue weighted by Crippen LogP contribution is -2.44. The highest BCUT2D eigenvalue weighted by Gasteiger charge is 2.33. The van der Waals surface area contributed by atoms with Gasteiger partial charge in [-0.25, -0.2) is 0 Å². The molecule has 0 fully saturated rings. The zero-order valence-electron chi connectivity index (χ0n) is 11.1. The number of alkyl halides is 1. The molecule has 1 unspecified atom stereocenters. The van der Waals surface area contributed by atoms with Gasteiger partial charge < -0.3 is 4.74 Å². The van der Waals surface area contributed by atoms with E-state index in [1.54, 1.807) is 11.8 Å². The van der Waals surface area contributed by atoms with Gasteiger partial charge in [0.05, 0.1) is 0 Å². The molecule has 0 spiro atoms. The van der Waals surface area contributed by atoms with Crippen LogP contribution in [-0.4, -0.2) is 24.1 Å². The third-order valence-corrected chi connectivity index (χ3v) is 3.28. The molecule has 0 N–H and O–H groups in total. The van der Waals surface area contributed by atoms with Gasteiger partial charge in [-0.2, -0.15) is 0 Å². The molecule has 3 nitrogen and oxygen atoms in total. The maximum Gasteiger partial charge on any atom is 0.249 e. The molecule has 1 aromatic carbocycles. The fourth-order valence-corrected chi connectivity index (χ4v) is 1.58. The highest BCUT2D eigenvalue weighted by molar-refractivity contribution is 6.36. The van der Waals surface area contributed by atoms with Gasteiger partial charge >= 0.3 is 0 Å². The van der Waals surface area contributed by atoms with E-state index in [2.05, 4.69) is 0 Å². The molecule has 4 heteroatoms. The Bertz CT molecular complexity index is 379. The summed E-state index contributed by atoms with van der Waals surface area (Å²) in [5, 5.41) is 0. The molecule has 1 amide bonds. The van der Waals surface area contributed by atoms with Crippen LogP contribution in [0.1, 0.15) is 27.2 Å². The Balaban J connectivity index is 2.95. The average molecular weight is 270 g/mol. The van der Waals surface area contributed by atoms with Crippen molar-refractivity contribution in [1.82, 2.24) is 0 Å². The van der Waals surface area contributed by atoms with Gasteiger partial charge in [-0.1, -0.05) is 25.1 Å². The summed E-state index contributed by atoms with van der Waals surface area (Å²) >= 11 is 6.25. The molecule has 0 saturated carbocycles. The third-order valence-electron chi connectivity index (χ3n) is 2.85. The highest BCUT2D eigenvalue weighted by atomic mass is 35.5. The lowest BCUT2D eigenvalue weighted by atomic mass is 10.1. The first-order valence-corrected chi connectivity index (χ1v) is 6.54. The number of hydrogen-bond donors (Lipinski definition) is 0. The van der Waals surface area contributed by atoms with Crippen molar-refractivity contribution < 1.29 is 9.53 Å². The van der Waals surface area contributed by atoms with Gasteiger partial charge in [0.15, 0.2) is 0 Å². The zero-order chi connectivity index (χ0) is 13.6. The lowest BCUT2D eigenvalue weighted by Gasteiger charge is -2.29. The van der Waals surface area contributed by atoms with E-state index in [0.29, 0.717) is 13.0 Å². The molecule has 0 heterocycles. The Morgan fingerprint density at radius 1 is 1.33 bits per heavy atom. The van der Waals surface area contributed by atoms with Crippen LogP contribution < -0.4 is 4.90 Å². The van der Waals surface area contributed by atoms with Crippen LogP contribution in [0.25, 0.3) is 0 Å². The first kappa shape index (κ1) is 15.0. The normalized spacial score (nSPS) is 14.0. The molecule has 1 rings (SSSR count). The largest absolute Gasteiger partial charge is 0.361 e. The van der Waals surface area contributed by atoms with Gasteiger partial charge in [0.25, 0.3) is 0 Å². The second-order valence-corrected chi connectivity index (χ2v) is 5.08. The number of para-hydroxylation sites is 1. The van der Waals surface area contributed by atoms with Gasteiger partial charge in [0, 0.05) is 12.3 Å². The maximum absolute atomic E-state index is 12.4. The molecule has 0 radical (unpaired) electrons. The zero-order valence-corrected chi connectivity index (χ0v) is 11.9. The van der Waals surface area contributed by atoms with Gasteiger partial charge in [-0.15, -0.1) is 11.6 Å². The number of halogens is 1. The molecule has 1 aromatic rings. The van der Waals surface area contributed by atoms with Crippen LogP contribution in [-0.2, 0) is 9.53 Å². The fraction of sp³-hybridized carbons (Fsp3) is 0.500. The number of carbonyl (C=O) groups excluding carboxylic acids is 1. The van der Waals surface area contributed by atoms with E-state index in [0.717, 1.165) is 5.69 Å². The smallest absolute Gasteiger partial charge is 0.249 e. The number of rotatable bonds is 6. The number of benzene rings is 1. The Labute approximate surface area is 114 Å². The minimum Gasteiger partial charge on any atom is -0.361 e. The molecule has 0 aliphatic rings. The van der Waals surface area contributed by atoms with Crippen molar-refractivity contribution in [2.45, 2.75) is 32.1 Å². The van der Waals surface area contributed by atoms with Crippen LogP contribution in [0.3, 0.4) is 0 Å². The Hall–Kier alpha value is -1.06. The molecular formula is C14H20ClNO2. The number of carbonyl (C=O) groups is 1. The first-order valence-electron chi connectivity index (χ1n) is 6.16. The molecule has 18 heavy (non-hydrogen) atoms.